The number of thiophene rings is 1. The molecule has 2 aromatic heterocycles. The fourth-order valence-electron chi connectivity index (χ4n) is 2.45. The van der Waals surface area contributed by atoms with Gasteiger partial charge in [-0.05, 0) is 53.2 Å². The lowest BCUT2D eigenvalue weighted by Gasteiger charge is -2.25. The van der Waals surface area contributed by atoms with Gasteiger partial charge in [0.05, 0.1) is 17.7 Å². The number of hydrogen-bond donors (Lipinski definition) is 2. The van der Waals surface area contributed by atoms with Crippen molar-refractivity contribution in [1.82, 2.24) is 4.72 Å². The average Bonchev–Trinajstić information content (AvgIpc) is 3.32. The predicted molar refractivity (Wildman–Crippen MR) is 94.3 cm³/mol. The van der Waals surface area contributed by atoms with E-state index < -0.39 is 34.3 Å². The van der Waals surface area contributed by atoms with Gasteiger partial charge in [-0.1, -0.05) is 0 Å². The normalized spacial score (nSPS) is 14.6. The van der Waals surface area contributed by atoms with Crippen LogP contribution in [-0.2, 0) is 15.6 Å². The van der Waals surface area contributed by atoms with Crippen LogP contribution in [-0.4, -0.2) is 26.4 Å². The molecule has 0 aliphatic heterocycles. The molecule has 0 radical (unpaired) electrons. The molecule has 0 bridgehead atoms. The summed E-state index contributed by atoms with van der Waals surface area (Å²) in [7, 11) is -4.12. The van der Waals surface area contributed by atoms with Crippen LogP contribution in [0.3, 0.4) is 0 Å². The highest BCUT2D eigenvalue weighted by Crippen LogP contribution is 2.31. The van der Waals surface area contributed by atoms with E-state index in [0.717, 1.165) is 24.3 Å². The minimum absolute atomic E-state index is 0.141. The molecule has 2 heterocycles. The number of furan rings is 1. The SMILES string of the molecule is O=S(=O)(NC[C@@](O)(c1ccsc1)c1ccco1)c1ccc(OC(F)(F)F)cc1. The van der Waals surface area contributed by atoms with Gasteiger partial charge in [0.1, 0.15) is 11.5 Å². The first-order valence-electron chi connectivity index (χ1n) is 7.75. The van der Waals surface area contributed by atoms with Crippen LogP contribution in [0.25, 0.3) is 0 Å². The first kappa shape index (κ1) is 20.4. The Morgan fingerprint density at radius 1 is 1.14 bits per heavy atom. The molecule has 0 fully saturated rings. The van der Waals surface area contributed by atoms with Crippen molar-refractivity contribution >= 4 is 21.4 Å². The fourth-order valence-corrected chi connectivity index (χ4v) is 4.23. The summed E-state index contributed by atoms with van der Waals surface area (Å²) in [6.45, 7) is -0.444. The van der Waals surface area contributed by atoms with Crippen LogP contribution < -0.4 is 9.46 Å². The van der Waals surface area contributed by atoms with Crippen molar-refractivity contribution in [3.63, 3.8) is 0 Å². The quantitative estimate of drug-likeness (QED) is 0.596. The van der Waals surface area contributed by atoms with E-state index >= 15 is 0 Å². The first-order valence-corrected chi connectivity index (χ1v) is 10.2. The van der Waals surface area contributed by atoms with Gasteiger partial charge in [-0.25, -0.2) is 13.1 Å². The number of halogens is 3. The third-order valence-corrected chi connectivity index (χ3v) is 5.91. The van der Waals surface area contributed by atoms with Gasteiger partial charge in [-0.3, -0.25) is 0 Å². The second-order valence-electron chi connectivity index (χ2n) is 5.69. The van der Waals surface area contributed by atoms with E-state index in [9.17, 15) is 26.7 Å². The third kappa shape index (κ3) is 4.55. The summed E-state index contributed by atoms with van der Waals surface area (Å²) >= 11 is 1.31. The van der Waals surface area contributed by atoms with Crippen LogP contribution in [0.15, 0.2) is 68.8 Å². The molecule has 150 valence electrons. The Kier molecular flexibility index (Phi) is 5.53. The minimum atomic E-state index is -4.88. The van der Waals surface area contributed by atoms with Crippen molar-refractivity contribution < 1.29 is 35.8 Å². The van der Waals surface area contributed by atoms with Gasteiger partial charge in [0, 0.05) is 5.56 Å². The predicted octanol–water partition coefficient (Wildman–Crippen LogP) is 3.45. The maximum Gasteiger partial charge on any atom is 0.573 e. The van der Waals surface area contributed by atoms with Gasteiger partial charge in [-0.2, -0.15) is 11.3 Å². The Morgan fingerprint density at radius 2 is 1.86 bits per heavy atom. The van der Waals surface area contributed by atoms with E-state index in [0.29, 0.717) is 5.56 Å². The summed E-state index contributed by atoms with van der Waals surface area (Å²) in [5.74, 6) is -0.403. The van der Waals surface area contributed by atoms with Crippen LogP contribution in [0.2, 0.25) is 0 Å². The number of sulfonamides is 1. The second-order valence-corrected chi connectivity index (χ2v) is 8.24. The van der Waals surface area contributed by atoms with Crippen molar-refractivity contribution in [2.24, 2.45) is 0 Å². The summed E-state index contributed by atoms with van der Waals surface area (Å²) in [6, 6.07) is 8.42. The number of benzene rings is 1. The number of aliphatic hydroxyl groups is 1. The Labute approximate surface area is 162 Å². The summed E-state index contributed by atoms with van der Waals surface area (Å²) in [5.41, 5.74) is -1.32. The van der Waals surface area contributed by atoms with Gasteiger partial charge in [0.25, 0.3) is 0 Å². The molecule has 0 aliphatic rings. The Balaban J connectivity index is 1.80. The summed E-state index contributed by atoms with van der Waals surface area (Å²) in [5, 5.41) is 14.4. The van der Waals surface area contributed by atoms with E-state index in [1.165, 1.54) is 23.7 Å². The standard InChI is InChI=1S/C17H14F3NO5S2/c18-17(19,20)26-13-3-5-14(6-4-13)28(23,24)21-11-16(22,12-7-9-27-10-12)15-2-1-8-25-15/h1-10,21-22H,11H2/t16-/m1/s1. The molecule has 1 aromatic carbocycles. The van der Waals surface area contributed by atoms with Crippen LogP contribution in [0.4, 0.5) is 13.2 Å². The molecule has 3 rings (SSSR count). The van der Waals surface area contributed by atoms with Crippen LogP contribution in [0.5, 0.6) is 5.75 Å². The maximum absolute atomic E-state index is 12.5. The van der Waals surface area contributed by atoms with Crippen molar-refractivity contribution in [3.8, 4) is 5.75 Å². The average molecular weight is 433 g/mol. The highest BCUT2D eigenvalue weighted by atomic mass is 32.2. The van der Waals surface area contributed by atoms with E-state index in [1.807, 2.05) is 0 Å². The van der Waals surface area contributed by atoms with Crippen LogP contribution in [0, 0.1) is 0 Å². The fraction of sp³-hybridized carbons (Fsp3) is 0.176. The molecule has 0 spiro atoms. The monoisotopic (exact) mass is 433 g/mol. The molecule has 3 aromatic rings. The zero-order valence-corrected chi connectivity index (χ0v) is 15.6. The number of nitrogens with one attached hydrogen (secondary N) is 1. The molecular formula is C17H14F3NO5S2. The molecule has 0 unspecified atom stereocenters. The zero-order chi connectivity index (χ0) is 20.4. The maximum atomic E-state index is 12.5. The summed E-state index contributed by atoms with van der Waals surface area (Å²) < 4.78 is 72.9. The number of rotatable bonds is 7. The van der Waals surface area contributed by atoms with Gasteiger partial charge >= 0.3 is 6.36 Å². The summed E-state index contributed by atoms with van der Waals surface area (Å²) in [4.78, 5) is -0.283. The molecule has 11 heteroatoms. The molecule has 1 atom stereocenters. The lowest BCUT2D eigenvalue weighted by molar-refractivity contribution is -0.274. The van der Waals surface area contributed by atoms with E-state index in [1.54, 1.807) is 22.9 Å². The third-order valence-electron chi connectivity index (χ3n) is 3.81. The molecular weight excluding hydrogens is 419 g/mol. The molecule has 0 amide bonds. The highest BCUT2D eigenvalue weighted by Gasteiger charge is 2.36. The molecule has 2 N–H and O–H groups in total. The van der Waals surface area contributed by atoms with E-state index in [-0.39, 0.29) is 10.7 Å². The van der Waals surface area contributed by atoms with Gasteiger partial charge in [0.15, 0.2) is 5.60 Å². The Hall–Kier alpha value is -2.34. The molecule has 0 saturated carbocycles. The van der Waals surface area contributed by atoms with Gasteiger partial charge in [0.2, 0.25) is 10.0 Å². The molecule has 0 saturated heterocycles. The van der Waals surface area contributed by atoms with Crippen molar-refractivity contribution in [2.75, 3.05) is 6.54 Å². The number of hydrogen-bond acceptors (Lipinski definition) is 6. The van der Waals surface area contributed by atoms with Crippen LogP contribution in [0.1, 0.15) is 11.3 Å². The lowest BCUT2D eigenvalue weighted by Crippen LogP contribution is -2.41. The van der Waals surface area contributed by atoms with E-state index in [4.69, 9.17) is 4.42 Å². The first-order chi connectivity index (χ1) is 13.1. The Bertz CT molecular complexity index is 964. The second kappa shape index (κ2) is 7.59. The van der Waals surface area contributed by atoms with Gasteiger partial charge < -0.3 is 14.3 Å². The van der Waals surface area contributed by atoms with Crippen molar-refractivity contribution in [2.45, 2.75) is 16.9 Å². The summed E-state index contributed by atoms with van der Waals surface area (Å²) in [6.07, 6.45) is -3.53. The van der Waals surface area contributed by atoms with Gasteiger partial charge in [-0.15, -0.1) is 13.2 Å². The molecule has 0 aliphatic carbocycles. The smallest absolute Gasteiger partial charge is 0.466 e. The number of alkyl halides is 3. The zero-order valence-electron chi connectivity index (χ0n) is 14.0. The molecule has 28 heavy (non-hydrogen) atoms. The van der Waals surface area contributed by atoms with Crippen molar-refractivity contribution in [3.05, 3.63) is 70.8 Å². The lowest BCUT2D eigenvalue weighted by atomic mass is 9.94. The van der Waals surface area contributed by atoms with E-state index in [2.05, 4.69) is 9.46 Å². The number of ether oxygens (including phenoxy) is 1. The Morgan fingerprint density at radius 3 is 2.39 bits per heavy atom. The minimum Gasteiger partial charge on any atom is -0.466 e. The van der Waals surface area contributed by atoms with Crippen LogP contribution >= 0.6 is 11.3 Å². The topological polar surface area (TPSA) is 88.8 Å². The van der Waals surface area contributed by atoms with Crippen molar-refractivity contribution in [1.29, 1.82) is 0 Å². The highest BCUT2D eigenvalue weighted by molar-refractivity contribution is 7.89. The molecule has 6 nitrogen and oxygen atoms in total. The largest absolute Gasteiger partial charge is 0.573 e.